The topological polar surface area (TPSA) is 75.6 Å². The Hall–Kier alpha value is -2.82. The number of amides is 1. The van der Waals surface area contributed by atoms with Gasteiger partial charge in [-0.3, -0.25) is 4.79 Å². The highest BCUT2D eigenvalue weighted by Crippen LogP contribution is 2.43. The number of hydrogen-bond acceptors (Lipinski definition) is 3. The summed E-state index contributed by atoms with van der Waals surface area (Å²) in [5.41, 5.74) is 1.80. The number of benzene rings is 2. The highest BCUT2D eigenvalue weighted by Gasteiger charge is 2.45. The first-order valence-corrected chi connectivity index (χ1v) is 8.87. The van der Waals surface area contributed by atoms with Gasteiger partial charge in [0.15, 0.2) is 6.61 Å². The molecule has 0 aliphatic heterocycles. The number of carboxylic acids is 1. The van der Waals surface area contributed by atoms with Gasteiger partial charge in [-0.2, -0.15) is 0 Å². The van der Waals surface area contributed by atoms with Crippen LogP contribution in [0.1, 0.15) is 30.4 Å². The average Bonchev–Trinajstić information content (AvgIpc) is 2.61. The first-order valence-electron chi connectivity index (χ1n) is 8.87. The molecule has 0 unspecified atom stereocenters. The van der Waals surface area contributed by atoms with Crippen LogP contribution in [0.15, 0.2) is 54.6 Å². The van der Waals surface area contributed by atoms with Gasteiger partial charge < -0.3 is 15.2 Å². The number of carbonyl (C=O) groups is 2. The summed E-state index contributed by atoms with van der Waals surface area (Å²) in [5, 5.41) is 11.7. The lowest BCUT2D eigenvalue weighted by Crippen LogP contribution is -2.49. The van der Waals surface area contributed by atoms with Crippen LogP contribution in [-0.2, 0) is 21.4 Å². The third-order valence-corrected chi connectivity index (χ3v) is 4.95. The summed E-state index contributed by atoms with van der Waals surface area (Å²) < 4.78 is 5.11. The Labute approximate surface area is 153 Å². The summed E-state index contributed by atoms with van der Waals surface area (Å²) in [7, 11) is 0. The minimum atomic E-state index is -1.000. The number of nitrogens with one attached hydrogen (secondary N) is 1. The van der Waals surface area contributed by atoms with E-state index in [1.54, 1.807) is 12.1 Å². The summed E-state index contributed by atoms with van der Waals surface area (Å²) in [6.45, 7) is 0.222. The van der Waals surface area contributed by atoms with E-state index in [1.807, 2.05) is 42.5 Å². The van der Waals surface area contributed by atoms with Crippen molar-refractivity contribution in [2.45, 2.75) is 31.1 Å². The van der Waals surface area contributed by atoms with E-state index in [9.17, 15) is 9.59 Å². The molecule has 0 atom stereocenters. The van der Waals surface area contributed by atoms with E-state index in [4.69, 9.17) is 9.84 Å². The van der Waals surface area contributed by atoms with Gasteiger partial charge in [-0.25, -0.2) is 4.79 Å². The normalized spacial score (nSPS) is 14.9. The van der Waals surface area contributed by atoms with Crippen LogP contribution in [0.4, 0.5) is 0 Å². The van der Waals surface area contributed by atoms with Crippen LogP contribution < -0.4 is 10.1 Å². The van der Waals surface area contributed by atoms with Gasteiger partial charge in [0.25, 0.3) is 0 Å². The van der Waals surface area contributed by atoms with Gasteiger partial charge in [0.1, 0.15) is 5.75 Å². The Morgan fingerprint density at radius 3 is 2.31 bits per heavy atom. The van der Waals surface area contributed by atoms with Crippen molar-refractivity contribution in [3.05, 3.63) is 65.7 Å². The Kier molecular flexibility index (Phi) is 5.56. The Bertz CT molecular complexity index is 751. The number of rotatable bonds is 8. The maximum atomic E-state index is 12.8. The van der Waals surface area contributed by atoms with Crippen molar-refractivity contribution in [3.63, 3.8) is 0 Å². The lowest BCUT2D eigenvalue weighted by Gasteiger charge is -2.40. The fraction of sp³-hybridized carbons (Fsp3) is 0.333. The first-order chi connectivity index (χ1) is 12.6. The quantitative estimate of drug-likeness (QED) is 0.765. The second-order valence-corrected chi connectivity index (χ2v) is 6.63. The maximum absolute atomic E-state index is 12.8. The molecule has 5 heteroatoms. The van der Waals surface area contributed by atoms with Crippen molar-refractivity contribution >= 4 is 11.9 Å². The fourth-order valence-corrected chi connectivity index (χ4v) is 3.32. The molecule has 0 spiro atoms. The largest absolute Gasteiger partial charge is 0.482 e. The van der Waals surface area contributed by atoms with Gasteiger partial charge in [-0.1, -0.05) is 48.9 Å². The van der Waals surface area contributed by atoms with E-state index in [0.29, 0.717) is 12.3 Å². The fourth-order valence-electron chi connectivity index (χ4n) is 3.32. The molecule has 1 amide bonds. The highest BCUT2D eigenvalue weighted by molar-refractivity contribution is 5.89. The third-order valence-electron chi connectivity index (χ3n) is 4.95. The Morgan fingerprint density at radius 1 is 1.04 bits per heavy atom. The van der Waals surface area contributed by atoms with E-state index in [-0.39, 0.29) is 17.9 Å². The predicted octanol–water partition coefficient (Wildman–Crippen LogP) is 2.93. The molecule has 3 rings (SSSR count). The molecule has 2 aromatic carbocycles. The molecule has 2 N–H and O–H groups in total. The van der Waals surface area contributed by atoms with Gasteiger partial charge >= 0.3 is 5.97 Å². The monoisotopic (exact) mass is 353 g/mol. The summed E-state index contributed by atoms with van der Waals surface area (Å²) in [5.74, 6) is -0.367. The van der Waals surface area contributed by atoms with Crippen molar-refractivity contribution in [1.29, 1.82) is 0 Å². The van der Waals surface area contributed by atoms with Crippen LogP contribution in [-0.4, -0.2) is 30.1 Å². The zero-order valence-corrected chi connectivity index (χ0v) is 14.6. The molecule has 5 nitrogen and oxygen atoms in total. The van der Waals surface area contributed by atoms with Gasteiger partial charge in [0, 0.05) is 6.54 Å². The zero-order valence-electron chi connectivity index (χ0n) is 14.6. The van der Waals surface area contributed by atoms with Crippen LogP contribution in [0.2, 0.25) is 0 Å². The van der Waals surface area contributed by atoms with Crippen LogP contribution in [0.5, 0.6) is 5.75 Å². The van der Waals surface area contributed by atoms with Crippen LogP contribution >= 0.6 is 0 Å². The molecule has 0 aromatic heterocycles. The van der Waals surface area contributed by atoms with Gasteiger partial charge in [0.05, 0.1) is 5.41 Å². The summed E-state index contributed by atoms with van der Waals surface area (Å²) >= 11 is 0. The smallest absolute Gasteiger partial charge is 0.341 e. The Morgan fingerprint density at radius 2 is 1.73 bits per heavy atom. The van der Waals surface area contributed by atoms with Gasteiger partial charge in [-0.05, 0) is 42.5 Å². The molecule has 26 heavy (non-hydrogen) atoms. The number of aliphatic carboxylic acids is 1. The zero-order chi connectivity index (χ0) is 18.4. The molecule has 0 radical (unpaired) electrons. The molecule has 1 aliphatic carbocycles. The van der Waals surface area contributed by atoms with Gasteiger partial charge in [0.2, 0.25) is 5.91 Å². The molecule has 0 saturated heterocycles. The molecule has 136 valence electrons. The van der Waals surface area contributed by atoms with Crippen LogP contribution in [0, 0.1) is 0 Å². The van der Waals surface area contributed by atoms with Crippen molar-refractivity contribution < 1.29 is 19.4 Å². The van der Waals surface area contributed by atoms with Crippen molar-refractivity contribution in [3.8, 4) is 5.75 Å². The van der Waals surface area contributed by atoms with Gasteiger partial charge in [-0.15, -0.1) is 0 Å². The first kappa shape index (κ1) is 18.0. The van der Waals surface area contributed by atoms with Crippen molar-refractivity contribution in [1.82, 2.24) is 5.32 Å². The molecule has 1 aliphatic rings. The van der Waals surface area contributed by atoms with E-state index < -0.39 is 5.97 Å². The number of carbonyl (C=O) groups excluding carboxylic acids is 1. The SMILES string of the molecule is O=C(O)COc1ccc(CCNC(=O)C2(c3ccccc3)CCC2)cc1. The van der Waals surface area contributed by atoms with E-state index in [2.05, 4.69) is 5.32 Å². The predicted molar refractivity (Wildman–Crippen MR) is 98.3 cm³/mol. The van der Waals surface area contributed by atoms with Crippen molar-refractivity contribution in [2.24, 2.45) is 0 Å². The number of carboxylic acid groups (broad SMARTS) is 1. The second-order valence-electron chi connectivity index (χ2n) is 6.63. The Balaban J connectivity index is 1.51. The molecule has 0 heterocycles. The number of ether oxygens (including phenoxy) is 1. The summed E-state index contributed by atoms with van der Waals surface area (Å²) in [4.78, 5) is 23.2. The molecule has 1 saturated carbocycles. The second kappa shape index (κ2) is 8.04. The lowest BCUT2D eigenvalue weighted by molar-refractivity contribution is -0.139. The molecule has 0 bridgehead atoms. The standard InChI is InChI=1S/C21H23NO4/c23-19(24)15-26-18-9-7-16(8-10-18)11-14-22-20(25)21(12-4-13-21)17-5-2-1-3-6-17/h1-3,5-10H,4,11-15H2,(H,22,25)(H,23,24). The molecule has 2 aromatic rings. The van der Waals surface area contributed by atoms with E-state index >= 15 is 0 Å². The maximum Gasteiger partial charge on any atom is 0.341 e. The summed E-state index contributed by atoms with van der Waals surface area (Å²) in [6, 6.07) is 17.3. The number of hydrogen-bond donors (Lipinski definition) is 2. The van der Waals surface area contributed by atoms with Crippen LogP contribution in [0.3, 0.4) is 0 Å². The van der Waals surface area contributed by atoms with E-state index in [1.165, 1.54) is 0 Å². The molecular formula is C21H23NO4. The molecule has 1 fully saturated rings. The molecular weight excluding hydrogens is 330 g/mol. The minimum absolute atomic E-state index is 0.108. The minimum Gasteiger partial charge on any atom is -0.482 e. The highest BCUT2D eigenvalue weighted by atomic mass is 16.5. The third kappa shape index (κ3) is 4.04. The van der Waals surface area contributed by atoms with E-state index in [0.717, 1.165) is 36.8 Å². The summed E-state index contributed by atoms with van der Waals surface area (Å²) in [6.07, 6.45) is 3.60. The van der Waals surface area contributed by atoms with Crippen molar-refractivity contribution in [2.75, 3.05) is 13.2 Å². The van der Waals surface area contributed by atoms with Crippen LogP contribution in [0.25, 0.3) is 0 Å². The average molecular weight is 353 g/mol. The lowest BCUT2D eigenvalue weighted by atomic mass is 9.64.